The Morgan fingerprint density at radius 3 is 2.14 bits per heavy atom. The molecule has 0 saturated heterocycles. The Balaban J connectivity index is -0.000000167. The van der Waals surface area contributed by atoms with Crippen LogP contribution in [0.25, 0.3) is 10.9 Å². The zero-order valence-electron chi connectivity index (χ0n) is 12.9. The molecule has 28 heavy (non-hydrogen) atoms. The van der Waals surface area contributed by atoms with Gasteiger partial charge in [0.1, 0.15) is 10.4 Å². The van der Waals surface area contributed by atoms with Gasteiger partial charge in [-0.3, -0.25) is 16.7 Å². The number of pyridine rings is 2. The molecule has 3 rings (SSSR count). The Bertz CT molecular complexity index is 833. The van der Waals surface area contributed by atoms with E-state index in [9.17, 15) is 18.9 Å². The van der Waals surface area contributed by atoms with Gasteiger partial charge in [-0.05, 0) is 37.9 Å². The zero-order chi connectivity index (χ0) is 18.3. The average molecular weight is 599 g/mol. The molecule has 1 N–H and O–H groups in total. The van der Waals surface area contributed by atoms with E-state index in [0.29, 0.717) is 15.5 Å². The molecule has 12 heteroatoms. The van der Waals surface area contributed by atoms with Gasteiger partial charge in [0.25, 0.3) is 0 Å². The molecule has 0 aliphatic carbocycles. The maximum atomic E-state index is 12.9. The van der Waals surface area contributed by atoms with Crippen LogP contribution in [0.15, 0.2) is 46.5 Å². The molecule has 3 aromatic heterocycles. The molecule has 0 aliphatic rings. The third-order valence-corrected chi connectivity index (χ3v) is 3.70. The summed E-state index contributed by atoms with van der Waals surface area (Å²) in [7, 11) is 0. The van der Waals surface area contributed by atoms with Gasteiger partial charge in [0.15, 0.2) is 10.4 Å². The number of nitrogens with zero attached hydrogens (tertiary/aromatic N) is 3. The SMILES string of the molecule is C.C.Fc1cnc(Br)c2[nH]ccc12.O=[N+]([O-])c1cc(F)cnc1Br.[Br-].[CH-]=C.[Mg+2]. The van der Waals surface area contributed by atoms with Gasteiger partial charge in [-0.1, -0.05) is 14.9 Å². The van der Waals surface area contributed by atoms with Gasteiger partial charge in [0, 0.05) is 11.6 Å². The van der Waals surface area contributed by atoms with Crippen LogP contribution in [0.1, 0.15) is 14.9 Å². The minimum atomic E-state index is -0.722. The summed E-state index contributed by atoms with van der Waals surface area (Å²) in [5.74, 6) is -1.02. The molecule has 0 unspecified atom stereocenters. The van der Waals surface area contributed by atoms with Crippen LogP contribution in [-0.4, -0.2) is 42.9 Å². The minimum absolute atomic E-state index is 0. The molecule has 0 aromatic carbocycles. The van der Waals surface area contributed by atoms with Crippen LogP contribution in [0, 0.1) is 28.3 Å². The Labute approximate surface area is 205 Å². The second kappa shape index (κ2) is 17.0. The molecular weight excluding hydrogens is 582 g/mol. The van der Waals surface area contributed by atoms with E-state index < -0.39 is 10.7 Å². The Morgan fingerprint density at radius 1 is 1.14 bits per heavy atom. The predicted octanol–water partition coefficient (Wildman–Crippen LogP) is 2.86. The zero-order valence-corrected chi connectivity index (χ0v) is 19.1. The first-order chi connectivity index (χ1) is 11.4. The van der Waals surface area contributed by atoms with E-state index in [1.165, 1.54) is 6.20 Å². The van der Waals surface area contributed by atoms with E-state index in [1.54, 1.807) is 12.3 Å². The van der Waals surface area contributed by atoms with Crippen molar-refractivity contribution < 1.29 is 30.7 Å². The van der Waals surface area contributed by atoms with E-state index in [2.05, 4.69) is 60.0 Å². The average Bonchev–Trinajstić information content (AvgIpc) is 3.07. The first-order valence-electron chi connectivity index (χ1n) is 6.03. The van der Waals surface area contributed by atoms with Crippen molar-refractivity contribution in [1.82, 2.24) is 15.0 Å². The summed E-state index contributed by atoms with van der Waals surface area (Å²) in [6.45, 7) is 7.00. The van der Waals surface area contributed by atoms with E-state index in [-0.39, 0.29) is 71.0 Å². The number of nitro groups is 1. The van der Waals surface area contributed by atoms with Crippen LogP contribution < -0.4 is 17.0 Å². The van der Waals surface area contributed by atoms with Gasteiger partial charge in [-0.2, -0.15) is 0 Å². The van der Waals surface area contributed by atoms with E-state index in [1.807, 2.05) is 0 Å². The molecule has 0 amide bonds. The molecule has 6 nitrogen and oxygen atoms in total. The fourth-order valence-electron chi connectivity index (χ4n) is 1.53. The Hall–Kier alpha value is -0.954. The first kappa shape index (κ1) is 34.5. The van der Waals surface area contributed by atoms with Gasteiger partial charge in [0.05, 0.1) is 28.9 Å². The standard InChI is InChI=1S/C7H4BrFN2.C5H2BrFN2O2.C2H3.2CH4.BrH.Mg/c8-7-6-4(1-2-10-6)5(9)3-11-7;6-5-4(9(10)11)1-3(7)2-8-5;1-2;;;;/h1-3,10H;1-2H;1H,2H2;2*1H4;1H;/q;;-1;;;;+2/p-1. The monoisotopic (exact) mass is 596 g/mol. The van der Waals surface area contributed by atoms with Crippen LogP contribution in [0.5, 0.6) is 0 Å². The molecule has 0 fully saturated rings. The number of H-pyrrole nitrogens is 1. The Kier molecular flexibility index (Phi) is 20.9. The minimum Gasteiger partial charge on any atom is -1.00 e. The van der Waals surface area contributed by atoms with Gasteiger partial charge < -0.3 is 28.5 Å². The Morgan fingerprint density at radius 2 is 1.68 bits per heavy atom. The second-order valence-corrected chi connectivity index (χ2v) is 5.39. The van der Waals surface area contributed by atoms with Crippen molar-refractivity contribution in [2.75, 3.05) is 0 Å². The summed E-state index contributed by atoms with van der Waals surface area (Å²) >= 11 is 6.01. The second-order valence-electron chi connectivity index (χ2n) is 3.88. The van der Waals surface area contributed by atoms with Crippen LogP contribution >= 0.6 is 31.9 Å². The largest absolute Gasteiger partial charge is 2.00 e. The summed E-state index contributed by atoms with van der Waals surface area (Å²) in [6, 6.07) is 2.48. The molecule has 0 atom stereocenters. The quantitative estimate of drug-likeness (QED) is 0.153. The number of nitrogens with one attached hydrogen (secondary N) is 1. The molecule has 0 saturated carbocycles. The number of hydrogen-bond acceptors (Lipinski definition) is 4. The molecule has 0 bridgehead atoms. The fraction of sp³-hybridized carbons (Fsp3) is 0.125. The molecular formula is C16H17Br3F2MgN4O2. The molecule has 0 spiro atoms. The molecule has 3 heterocycles. The van der Waals surface area contributed by atoms with Crippen molar-refractivity contribution in [2.24, 2.45) is 0 Å². The summed E-state index contributed by atoms with van der Waals surface area (Å²) < 4.78 is 25.9. The molecule has 150 valence electrons. The van der Waals surface area contributed by atoms with Crippen LogP contribution in [0.4, 0.5) is 14.5 Å². The first-order valence-corrected chi connectivity index (χ1v) is 7.62. The van der Waals surface area contributed by atoms with Crippen molar-refractivity contribution >= 4 is 71.5 Å². The maximum Gasteiger partial charge on any atom is 2.00 e. The predicted molar refractivity (Wildman–Crippen MR) is 111 cm³/mol. The van der Waals surface area contributed by atoms with E-state index >= 15 is 0 Å². The number of aromatic amines is 1. The summed E-state index contributed by atoms with van der Waals surface area (Å²) in [4.78, 5) is 19.5. The third-order valence-electron chi connectivity index (χ3n) is 2.49. The number of aromatic nitrogens is 3. The van der Waals surface area contributed by atoms with Crippen molar-refractivity contribution in [3.05, 3.63) is 74.8 Å². The van der Waals surface area contributed by atoms with Gasteiger partial charge in [0.2, 0.25) is 0 Å². The number of fused-ring (bicyclic) bond motifs is 1. The van der Waals surface area contributed by atoms with Crippen molar-refractivity contribution in [1.29, 1.82) is 0 Å². The number of hydrogen-bond donors (Lipinski definition) is 1. The van der Waals surface area contributed by atoms with Crippen LogP contribution in [0.2, 0.25) is 0 Å². The van der Waals surface area contributed by atoms with Crippen molar-refractivity contribution in [2.45, 2.75) is 14.9 Å². The van der Waals surface area contributed by atoms with Crippen LogP contribution in [0.3, 0.4) is 0 Å². The van der Waals surface area contributed by atoms with Gasteiger partial charge in [-0.25, -0.2) is 18.7 Å². The van der Waals surface area contributed by atoms with Gasteiger partial charge >= 0.3 is 28.7 Å². The molecule has 0 radical (unpaired) electrons. The van der Waals surface area contributed by atoms with Gasteiger partial charge in [-0.15, -0.1) is 0 Å². The summed E-state index contributed by atoms with van der Waals surface area (Å²) in [5, 5.41) is 10.7. The van der Waals surface area contributed by atoms with Crippen LogP contribution in [-0.2, 0) is 0 Å². The van der Waals surface area contributed by atoms with Crippen molar-refractivity contribution in [3.8, 4) is 0 Å². The third kappa shape index (κ3) is 9.50. The smallest absolute Gasteiger partial charge is 1.00 e. The van der Waals surface area contributed by atoms with E-state index in [4.69, 9.17) is 0 Å². The maximum absolute atomic E-state index is 12.9. The fourth-order valence-corrected chi connectivity index (χ4v) is 2.32. The molecule has 0 aliphatic heterocycles. The molecule has 3 aromatic rings. The summed E-state index contributed by atoms with van der Waals surface area (Å²) in [5.41, 5.74) is 0.329. The number of rotatable bonds is 1. The summed E-state index contributed by atoms with van der Waals surface area (Å²) in [6.07, 6.45) is 3.78. The topological polar surface area (TPSA) is 84.7 Å². The number of halogens is 5. The van der Waals surface area contributed by atoms with Crippen molar-refractivity contribution in [3.63, 3.8) is 0 Å². The normalized spacial score (nSPS) is 8.14. The van der Waals surface area contributed by atoms with E-state index in [0.717, 1.165) is 12.3 Å².